The van der Waals surface area contributed by atoms with Crippen LogP contribution in [0.2, 0.25) is 0 Å². The van der Waals surface area contributed by atoms with E-state index in [0.717, 1.165) is 21.5 Å². The van der Waals surface area contributed by atoms with Gasteiger partial charge in [0.1, 0.15) is 12.4 Å². The van der Waals surface area contributed by atoms with Crippen LogP contribution in [0, 0.1) is 0 Å². The first kappa shape index (κ1) is 13.9. The van der Waals surface area contributed by atoms with Crippen molar-refractivity contribution >= 4 is 21.7 Å². The van der Waals surface area contributed by atoms with Gasteiger partial charge in [0.25, 0.3) is 0 Å². The summed E-state index contributed by atoms with van der Waals surface area (Å²) in [6.45, 7) is 2.21. The first-order chi connectivity index (χ1) is 10.1. The van der Waals surface area contributed by atoms with Crippen molar-refractivity contribution in [1.29, 1.82) is 0 Å². The molecule has 0 aromatic heterocycles. The van der Waals surface area contributed by atoms with E-state index in [0.29, 0.717) is 17.9 Å². The maximum atomic E-state index is 11.3. The predicted octanol–water partition coefficient (Wildman–Crippen LogP) is 3.96. The highest BCUT2D eigenvalue weighted by Gasteiger charge is 2.13. The van der Waals surface area contributed by atoms with Crippen LogP contribution in [-0.4, -0.2) is 12.6 Å². The van der Waals surface area contributed by atoms with E-state index in [4.69, 9.17) is 14.2 Å². The predicted molar refractivity (Wildman–Crippen MR) is 81.0 cm³/mol. The number of fused-ring (bicyclic) bond motifs is 1. The molecule has 1 aliphatic heterocycles. The molecule has 0 bridgehead atoms. The van der Waals surface area contributed by atoms with E-state index < -0.39 is 0 Å². The summed E-state index contributed by atoms with van der Waals surface area (Å²) in [5.74, 6) is 2.21. The Balaban J connectivity index is 1.71. The molecule has 0 saturated heterocycles. The van der Waals surface area contributed by atoms with Crippen molar-refractivity contribution in [3.8, 4) is 17.2 Å². The molecule has 108 valence electrons. The highest BCUT2D eigenvalue weighted by molar-refractivity contribution is 9.10. The minimum Gasteiger partial charge on any atom is -0.488 e. The second-order valence-corrected chi connectivity index (χ2v) is 5.53. The standard InChI is InChI=1S/C16H13BrO4/c1-10(18)12-3-5-14(13(17)7-12)19-8-11-2-4-15-16(6-11)21-9-20-15/h2-7H,8-9H2,1H3. The Morgan fingerprint density at radius 1 is 1.19 bits per heavy atom. The molecule has 21 heavy (non-hydrogen) atoms. The zero-order valence-electron chi connectivity index (χ0n) is 11.4. The summed E-state index contributed by atoms with van der Waals surface area (Å²) in [5.41, 5.74) is 1.64. The molecule has 2 aromatic carbocycles. The van der Waals surface area contributed by atoms with E-state index in [2.05, 4.69) is 15.9 Å². The molecule has 0 atom stereocenters. The van der Waals surface area contributed by atoms with Crippen LogP contribution in [0.5, 0.6) is 17.2 Å². The number of Topliss-reactive ketones (excluding diaryl/α,β-unsaturated/α-hetero) is 1. The fraction of sp³-hybridized carbons (Fsp3) is 0.188. The zero-order valence-corrected chi connectivity index (χ0v) is 13.0. The van der Waals surface area contributed by atoms with Crippen molar-refractivity contribution < 1.29 is 19.0 Å². The monoisotopic (exact) mass is 348 g/mol. The number of carbonyl (C=O) groups excluding carboxylic acids is 1. The second kappa shape index (κ2) is 5.77. The van der Waals surface area contributed by atoms with Crippen molar-refractivity contribution in [2.45, 2.75) is 13.5 Å². The zero-order chi connectivity index (χ0) is 14.8. The van der Waals surface area contributed by atoms with E-state index in [1.54, 1.807) is 18.2 Å². The lowest BCUT2D eigenvalue weighted by Crippen LogP contribution is -1.98. The van der Waals surface area contributed by atoms with Crippen LogP contribution < -0.4 is 14.2 Å². The average Bonchev–Trinajstić information content (AvgIpc) is 2.93. The molecule has 1 heterocycles. The molecule has 0 spiro atoms. The van der Waals surface area contributed by atoms with Gasteiger partial charge in [0.15, 0.2) is 17.3 Å². The highest BCUT2D eigenvalue weighted by atomic mass is 79.9. The lowest BCUT2D eigenvalue weighted by molar-refractivity contribution is 0.101. The lowest BCUT2D eigenvalue weighted by atomic mass is 10.1. The molecule has 0 saturated carbocycles. The second-order valence-electron chi connectivity index (χ2n) is 4.68. The van der Waals surface area contributed by atoms with Crippen LogP contribution in [0.3, 0.4) is 0 Å². The van der Waals surface area contributed by atoms with Crippen molar-refractivity contribution in [2.75, 3.05) is 6.79 Å². The van der Waals surface area contributed by atoms with Gasteiger partial charge in [-0.25, -0.2) is 0 Å². The van der Waals surface area contributed by atoms with Crippen LogP contribution in [0.15, 0.2) is 40.9 Å². The maximum Gasteiger partial charge on any atom is 0.231 e. The molecule has 3 rings (SSSR count). The van der Waals surface area contributed by atoms with Gasteiger partial charge in [-0.1, -0.05) is 6.07 Å². The van der Waals surface area contributed by atoms with Crippen LogP contribution in [0.4, 0.5) is 0 Å². The molecule has 0 N–H and O–H groups in total. The van der Waals surface area contributed by atoms with E-state index in [1.165, 1.54) is 6.92 Å². The van der Waals surface area contributed by atoms with Gasteiger partial charge in [-0.2, -0.15) is 0 Å². The summed E-state index contributed by atoms with van der Waals surface area (Å²) in [6.07, 6.45) is 0. The number of hydrogen-bond donors (Lipinski definition) is 0. The molecule has 0 fully saturated rings. The molecule has 1 aliphatic rings. The van der Waals surface area contributed by atoms with Crippen molar-refractivity contribution in [3.63, 3.8) is 0 Å². The van der Waals surface area contributed by atoms with E-state index >= 15 is 0 Å². The van der Waals surface area contributed by atoms with Gasteiger partial charge in [-0.3, -0.25) is 4.79 Å². The number of hydrogen-bond acceptors (Lipinski definition) is 4. The summed E-state index contributed by atoms with van der Waals surface area (Å²) < 4.78 is 17.1. The molecule has 0 aliphatic carbocycles. The Kier molecular flexibility index (Phi) is 3.84. The SMILES string of the molecule is CC(=O)c1ccc(OCc2ccc3c(c2)OCO3)c(Br)c1. The molecule has 0 unspecified atom stereocenters. The molecule has 0 radical (unpaired) electrons. The quantitative estimate of drug-likeness (QED) is 0.784. The topological polar surface area (TPSA) is 44.8 Å². The van der Waals surface area contributed by atoms with Gasteiger partial charge in [0, 0.05) is 5.56 Å². The summed E-state index contributed by atoms with van der Waals surface area (Å²) in [5, 5.41) is 0. The highest BCUT2D eigenvalue weighted by Crippen LogP contribution is 2.33. The fourth-order valence-electron chi connectivity index (χ4n) is 2.03. The minimum atomic E-state index is 0.0259. The van der Waals surface area contributed by atoms with Crippen LogP contribution in [0.25, 0.3) is 0 Å². The number of ether oxygens (including phenoxy) is 3. The third-order valence-corrected chi connectivity index (χ3v) is 3.79. The van der Waals surface area contributed by atoms with Crippen molar-refractivity contribution in [1.82, 2.24) is 0 Å². The normalized spacial score (nSPS) is 12.3. The van der Waals surface area contributed by atoms with Gasteiger partial charge >= 0.3 is 0 Å². The van der Waals surface area contributed by atoms with Gasteiger partial charge in [-0.15, -0.1) is 0 Å². The number of benzene rings is 2. The first-order valence-electron chi connectivity index (χ1n) is 6.45. The Hall–Kier alpha value is -2.01. The van der Waals surface area contributed by atoms with Crippen LogP contribution in [0.1, 0.15) is 22.8 Å². The third kappa shape index (κ3) is 3.03. The number of rotatable bonds is 4. The minimum absolute atomic E-state index is 0.0259. The van der Waals surface area contributed by atoms with Crippen LogP contribution in [-0.2, 0) is 6.61 Å². The Morgan fingerprint density at radius 3 is 2.76 bits per heavy atom. The van der Waals surface area contributed by atoms with E-state index in [-0.39, 0.29) is 12.6 Å². The van der Waals surface area contributed by atoms with E-state index in [1.807, 2.05) is 18.2 Å². The number of carbonyl (C=O) groups is 1. The summed E-state index contributed by atoms with van der Waals surface area (Å²) in [6, 6.07) is 11.0. The van der Waals surface area contributed by atoms with Gasteiger partial charge in [-0.05, 0) is 58.7 Å². The summed E-state index contributed by atoms with van der Waals surface area (Å²) >= 11 is 3.42. The number of halogens is 1. The van der Waals surface area contributed by atoms with Crippen LogP contribution >= 0.6 is 15.9 Å². The van der Waals surface area contributed by atoms with Gasteiger partial charge < -0.3 is 14.2 Å². The largest absolute Gasteiger partial charge is 0.488 e. The van der Waals surface area contributed by atoms with Crippen molar-refractivity contribution in [2.24, 2.45) is 0 Å². The fourth-order valence-corrected chi connectivity index (χ4v) is 2.52. The molecule has 0 amide bonds. The van der Waals surface area contributed by atoms with E-state index in [9.17, 15) is 4.79 Å². The average molecular weight is 349 g/mol. The Morgan fingerprint density at radius 2 is 2.00 bits per heavy atom. The van der Waals surface area contributed by atoms with Gasteiger partial charge in [0.05, 0.1) is 4.47 Å². The Labute approximate surface area is 130 Å². The molecular formula is C16H13BrO4. The molecule has 5 heteroatoms. The third-order valence-electron chi connectivity index (χ3n) is 3.17. The lowest BCUT2D eigenvalue weighted by Gasteiger charge is -2.09. The smallest absolute Gasteiger partial charge is 0.231 e. The molecule has 4 nitrogen and oxygen atoms in total. The molecular weight excluding hydrogens is 336 g/mol. The van der Waals surface area contributed by atoms with Gasteiger partial charge in [0.2, 0.25) is 6.79 Å². The summed E-state index contributed by atoms with van der Waals surface area (Å²) in [7, 11) is 0. The number of ketones is 1. The maximum absolute atomic E-state index is 11.3. The summed E-state index contributed by atoms with van der Waals surface area (Å²) in [4.78, 5) is 11.3. The molecule has 2 aromatic rings. The Bertz CT molecular complexity index is 697. The first-order valence-corrected chi connectivity index (χ1v) is 7.24. The van der Waals surface area contributed by atoms with Crippen molar-refractivity contribution in [3.05, 3.63) is 52.0 Å².